The average Bonchev–Trinajstić information content (AvgIpc) is 3.18. The van der Waals surface area contributed by atoms with Crippen molar-refractivity contribution in [1.82, 2.24) is 14.8 Å². The van der Waals surface area contributed by atoms with Gasteiger partial charge in [-0.2, -0.15) is 0 Å². The predicted molar refractivity (Wildman–Crippen MR) is 117 cm³/mol. The molecule has 0 N–H and O–H groups in total. The van der Waals surface area contributed by atoms with Gasteiger partial charge in [-0.1, -0.05) is 35.1 Å². The quantitative estimate of drug-likeness (QED) is 0.569. The second kappa shape index (κ2) is 8.56. The highest BCUT2D eigenvalue weighted by Crippen LogP contribution is 2.34. The lowest BCUT2D eigenvalue weighted by molar-refractivity contribution is 0.0737. The van der Waals surface area contributed by atoms with Crippen molar-refractivity contribution < 1.29 is 4.79 Å². The Morgan fingerprint density at radius 3 is 2.37 bits per heavy atom. The molecule has 0 spiro atoms. The van der Waals surface area contributed by atoms with Crippen LogP contribution in [0.5, 0.6) is 0 Å². The zero-order valence-corrected chi connectivity index (χ0v) is 18.3. The van der Waals surface area contributed by atoms with E-state index in [1.165, 1.54) is 11.3 Å². The molecule has 0 aliphatic carbocycles. The summed E-state index contributed by atoms with van der Waals surface area (Å²) in [7, 11) is 7.98. The third-order valence-electron chi connectivity index (χ3n) is 4.06. The van der Waals surface area contributed by atoms with Crippen molar-refractivity contribution in [3.05, 3.63) is 45.8 Å². The minimum Gasteiger partial charge on any atom is -0.354 e. The topological polar surface area (TPSA) is 39.7 Å². The van der Waals surface area contributed by atoms with Gasteiger partial charge in [0.2, 0.25) is 0 Å². The van der Waals surface area contributed by atoms with Crippen LogP contribution in [-0.4, -0.2) is 62.0 Å². The Bertz CT molecular complexity index is 886. The number of thiazole rings is 1. The van der Waals surface area contributed by atoms with Crippen molar-refractivity contribution in [2.75, 3.05) is 46.2 Å². The molecular formula is C19H23ClN4OS2. The summed E-state index contributed by atoms with van der Waals surface area (Å²) in [5, 5.41) is 1.66. The summed E-state index contributed by atoms with van der Waals surface area (Å²) in [6.07, 6.45) is 0. The zero-order valence-electron chi connectivity index (χ0n) is 15.9. The average molecular weight is 423 g/mol. The third-order valence-corrected chi connectivity index (χ3v) is 6.63. The number of amides is 1. The SMILES string of the molecule is CN(C)CCN(Cc1ccc(Cl)cc1)C(=O)c1cc2sc(N(C)C)nc2s1. The lowest BCUT2D eigenvalue weighted by Gasteiger charge is -2.24. The molecule has 0 atom stereocenters. The molecule has 1 aromatic carbocycles. The largest absolute Gasteiger partial charge is 0.354 e. The van der Waals surface area contributed by atoms with Crippen molar-refractivity contribution in [3.8, 4) is 0 Å². The van der Waals surface area contributed by atoms with E-state index in [2.05, 4.69) is 9.88 Å². The molecule has 0 saturated heterocycles. The number of anilines is 1. The van der Waals surface area contributed by atoms with Gasteiger partial charge in [-0.15, -0.1) is 11.3 Å². The van der Waals surface area contributed by atoms with Gasteiger partial charge in [0.25, 0.3) is 5.91 Å². The molecule has 0 aliphatic rings. The highest BCUT2D eigenvalue weighted by atomic mass is 35.5. The van der Waals surface area contributed by atoms with Gasteiger partial charge in [-0.3, -0.25) is 4.79 Å². The number of benzene rings is 1. The number of hydrogen-bond acceptors (Lipinski definition) is 6. The molecule has 3 rings (SSSR count). The van der Waals surface area contributed by atoms with Gasteiger partial charge < -0.3 is 14.7 Å². The zero-order chi connectivity index (χ0) is 19.6. The van der Waals surface area contributed by atoms with Crippen molar-refractivity contribution >= 4 is 54.8 Å². The minimum absolute atomic E-state index is 0.0494. The Morgan fingerprint density at radius 2 is 1.78 bits per heavy atom. The van der Waals surface area contributed by atoms with E-state index in [4.69, 9.17) is 11.6 Å². The number of carbonyl (C=O) groups is 1. The molecule has 2 heterocycles. The number of fused-ring (bicyclic) bond motifs is 1. The fraction of sp³-hybridized carbons (Fsp3) is 0.368. The van der Waals surface area contributed by atoms with E-state index in [1.54, 1.807) is 11.3 Å². The number of nitrogens with zero attached hydrogens (tertiary/aromatic N) is 4. The van der Waals surface area contributed by atoms with Crippen LogP contribution in [0, 0.1) is 0 Å². The van der Waals surface area contributed by atoms with Crippen LogP contribution in [0.3, 0.4) is 0 Å². The van der Waals surface area contributed by atoms with Crippen molar-refractivity contribution in [1.29, 1.82) is 0 Å². The first-order valence-corrected chi connectivity index (χ1v) is 10.6. The minimum atomic E-state index is 0.0494. The summed E-state index contributed by atoms with van der Waals surface area (Å²) in [6.45, 7) is 2.03. The van der Waals surface area contributed by atoms with E-state index in [1.807, 2.05) is 68.3 Å². The summed E-state index contributed by atoms with van der Waals surface area (Å²) in [4.78, 5) is 25.4. The first-order valence-electron chi connectivity index (χ1n) is 8.59. The van der Waals surface area contributed by atoms with Crippen LogP contribution in [0.25, 0.3) is 9.53 Å². The van der Waals surface area contributed by atoms with Gasteiger partial charge in [-0.05, 0) is 37.9 Å². The molecule has 2 aromatic heterocycles. The number of halogens is 1. The van der Waals surface area contributed by atoms with Crippen LogP contribution in [0.2, 0.25) is 5.02 Å². The Labute approximate surface area is 172 Å². The summed E-state index contributed by atoms with van der Waals surface area (Å²) in [5.74, 6) is 0.0494. The molecule has 0 saturated carbocycles. The molecule has 0 aliphatic heterocycles. The van der Waals surface area contributed by atoms with Crippen LogP contribution in [0.1, 0.15) is 15.2 Å². The Kier molecular flexibility index (Phi) is 6.37. The predicted octanol–water partition coefficient (Wildman–Crippen LogP) is 4.28. The molecule has 27 heavy (non-hydrogen) atoms. The fourth-order valence-electron chi connectivity index (χ4n) is 2.56. The molecule has 1 amide bonds. The van der Waals surface area contributed by atoms with Crippen LogP contribution < -0.4 is 4.90 Å². The molecule has 5 nitrogen and oxygen atoms in total. The first kappa shape index (κ1) is 20.1. The maximum atomic E-state index is 13.2. The Balaban J connectivity index is 1.82. The maximum absolute atomic E-state index is 13.2. The number of carbonyl (C=O) groups excluding carboxylic acids is 1. The number of aromatic nitrogens is 1. The third kappa shape index (κ3) is 4.99. The smallest absolute Gasteiger partial charge is 0.264 e. The van der Waals surface area contributed by atoms with E-state index >= 15 is 0 Å². The van der Waals surface area contributed by atoms with E-state index in [0.29, 0.717) is 18.1 Å². The number of thiophene rings is 1. The van der Waals surface area contributed by atoms with Gasteiger partial charge in [0.15, 0.2) is 5.13 Å². The van der Waals surface area contributed by atoms with Crippen LogP contribution in [0.4, 0.5) is 5.13 Å². The second-order valence-electron chi connectivity index (χ2n) is 6.83. The molecular weight excluding hydrogens is 400 g/mol. The normalized spacial score (nSPS) is 11.3. The molecule has 3 aromatic rings. The lowest BCUT2D eigenvalue weighted by atomic mass is 10.2. The van der Waals surface area contributed by atoms with E-state index in [-0.39, 0.29) is 5.91 Å². The fourth-order valence-corrected chi connectivity index (χ4v) is 4.79. The molecule has 0 bridgehead atoms. The van der Waals surface area contributed by atoms with Crippen LogP contribution in [0.15, 0.2) is 30.3 Å². The lowest BCUT2D eigenvalue weighted by Crippen LogP contribution is -2.35. The summed E-state index contributed by atoms with van der Waals surface area (Å²) in [6, 6.07) is 9.63. The Morgan fingerprint density at radius 1 is 1.07 bits per heavy atom. The summed E-state index contributed by atoms with van der Waals surface area (Å²) >= 11 is 9.06. The van der Waals surface area contributed by atoms with Crippen molar-refractivity contribution in [2.24, 2.45) is 0 Å². The summed E-state index contributed by atoms with van der Waals surface area (Å²) in [5.41, 5.74) is 1.07. The molecule has 144 valence electrons. The van der Waals surface area contributed by atoms with Crippen LogP contribution >= 0.6 is 34.3 Å². The number of rotatable bonds is 7. The van der Waals surface area contributed by atoms with E-state index < -0.39 is 0 Å². The van der Waals surface area contributed by atoms with Gasteiger partial charge in [-0.25, -0.2) is 4.98 Å². The molecule has 0 radical (unpaired) electrons. The highest BCUT2D eigenvalue weighted by molar-refractivity contribution is 7.29. The maximum Gasteiger partial charge on any atom is 0.264 e. The van der Waals surface area contributed by atoms with Gasteiger partial charge in [0.1, 0.15) is 4.83 Å². The molecule has 0 unspecified atom stereocenters. The number of hydrogen-bond donors (Lipinski definition) is 0. The first-order chi connectivity index (χ1) is 12.8. The van der Waals surface area contributed by atoms with Crippen molar-refractivity contribution in [3.63, 3.8) is 0 Å². The monoisotopic (exact) mass is 422 g/mol. The Hall–Kier alpha value is -1.67. The van der Waals surface area contributed by atoms with Gasteiger partial charge >= 0.3 is 0 Å². The molecule has 8 heteroatoms. The van der Waals surface area contributed by atoms with Gasteiger partial charge in [0.05, 0.1) is 9.58 Å². The number of likely N-dealkylation sites (N-methyl/N-ethyl adjacent to an activating group) is 1. The van der Waals surface area contributed by atoms with Crippen molar-refractivity contribution in [2.45, 2.75) is 6.54 Å². The standard InChI is InChI=1S/C19H23ClN4OS2/c1-22(2)9-10-24(12-13-5-7-14(20)8-6-13)18(25)16-11-15-17(26-16)21-19(27-15)23(3)4/h5-8,11H,9-10,12H2,1-4H3. The molecule has 0 fully saturated rings. The highest BCUT2D eigenvalue weighted by Gasteiger charge is 2.20. The van der Waals surface area contributed by atoms with E-state index in [0.717, 1.165) is 31.6 Å². The van der Waals surface area contributed by atoms with E-state index in [9.17, 15) is 4.79 Å². The van der Waals surface area contributed by atoms with Gasteiger partial charge in [0, 0.05) is 38.8 Å². The second-order valence-corrected chi connectivity index (χ2v) is 9.30. The summed E-state index contributed by atoms with van der Waals surface area (Å²) < 4.78 is 1.06. The van der Waals surface area contributed by atoms with Crippen LogP contribution in [-0.2, 0) is 6.54 Å².